The van der Waals surface area contributed by atoms with E-state index >= 15 is 0 Å². The Morgan fingerprint density at radius 3 is 2.75 bits per heavy atom. The molecule has 16 heavy (non-hydrogen) atoms. The van der Waals surface area contributed by atoms with Crippen LogP contribution in [-0.4, -0.2) is 16.6 Å². The van der Waals surface area contributed by atoms with E-state index in [0.717, 1.165) is 25.0 Å². The fourth-order valence-corrected chi connectivity index (χ4v) is 1.66. The van der Waals surface area contributed by atoms with Gasteiger partial charge in [-0.3, -0.25) is 4.79 Å². The van der Waals surface area contributed by atoms with Crippen LogP contribution in [0, 0.1) is 0 Å². The second-order valence-corrected chi connectivity index (χ2v) is 3.72. The van der Waals surface area contributed by atoms with Crippen LogP contribution in [0.5, 0.6) is 0 Å². The van der Waals surface area contributed by atoms with E-state index in [1.807, 2.05) is 13.8 Å². The molecule has 0 radical (unpaired) electrons. The molecule has 90 valence electrons. The summed E-state index contributed by atoms with van der Waals surface area (Å²) < 4.78 is 5.53. The Morgan fingerprint density at radius 2 is 2.19 bits per heavy atom. The Morgan fingerprint density at radius 1 is 1.44 bits per heavy atom. The predicted octanol–water partition coefficient (Wildman–Crippen LogP) is 2.21. The maximum Gasteiger partial charge on any atom is 0.251 e. The minimum atomic E-state index is -0.102. The van der Waals surface area contributed by atoms with Crippen molar-refractivity contribution in [3.8, 4) is 0 Å². The molecule has 0 saturated carbocycles. The van der Waals surface area contributed by atoms with Gasteiger partial charge in [-0.15, -0.1) is 0 Å². The molecule has 1 rings (SSSR count). The van der Waals surface area contributed by atoms with E-state index in [1.165, 1.54) is 0 Å². The molecule has 1 heterocycles. The molecule has 0 amide bonds. The van der Waals surface area contributed by atoms with Gasteiger partial charge >= 0.3 is 0 Å². The number of rotatable bonds is 6. The van der Waals surface area contributed by atoms with Crippen molar-refractivity contribution in [2.24, 2.45) is 0 Å². The van der Waals surface area contributed by atoms with E-state index in [2.05, 4.69) is 16.9 Å². The molecular weight excluding hydrogens is 204 g/mol. The predicted molar refractivity (Wildman–Crippen MR) is 63.5 cm³/mol. The van der Waals surface area contributed by atoms with Crippen molar-refractivity contribution in [1.29, 1.82) is 0 Å². The third-order valence-corrected chi connectivity index (χ3v) is 2.36. The number of aromatic amines is 1. The number of aromatic nitrogens is 2. The third kappa shape index (κ3) is 3.45. The van der Waals surface area contributed by atoms with Gasteiger partial charge in [-0.05, 0) is 19.8 Å². The fraction of sp³-hybridized carbons (Fsp3) is 0.667. The minimum Gasteiger partial charge on any atom is -0.371 e. The lowest BCUT2D eigenvalue weighted by Gasteiger charge is -2.14. The van der Waals surface area contributed by atoms with Gasteiger partial charge in [0.15, 0.2) is 0 Å². The van der Waals surface area contributed by atoms with Gasteiger partial charge < -0.3 is 9.72 Å². The highest BCUT2D eigenvalue weighted by Gasteiger charge is 2.12. The van der Waals surface area contributed by atoms with Crippen molar-refractivity contribution in [2.45, 2.75) is 46.1 Å². The van der Waals surface area contributed by atoms with Gasteiger partial charge in [-0.2, -0.15) is 0 Å². The molecule has 0 spiro atoms. The SMILES string of the molecule is CCCc1cc(=O)[nH]c(C(CC)OCC)n1. The molecule has 1 unspecified atom stereocenters. The van der Waals surface area contributed by atoms with Gasteiger partial charge in [-0.1, -0.05) is 20.3 Å². The highest BCUT2D eigenvalue weighted by molar-refractivity contribution is 5.04. The van der Waals surface area contributed by atoms with Crippen molar-refractivity contribution in [3.63, 3.8) is 0 Å². The molecule has 0 fully saturated rings. The van der Waals surface area contributed by atoms with Gasteiger partial charge in [0.1, 0.15) is 11.9 Å². The summed E-state index contributed by atoms with van der Waals surface area (Å²) >= 11 is 0. The van der Waals surface area contributed by atoms with Gasteiger partial charge in [0.05, 0.1) is 0 Å². The molecule has 1 N–H and O–H groups in total. The molecule has 4 nitrogen and oxygen atoms in total. The average Bonchev–Trinajstić information content (AvgIpc) is 2.25. The van der Waals surface area contributed by atoms with E-state index < -0.39 is 0 Å². The zero-order valence-electron chi connectivity index (χ0n) is 10.2. The second kappa shape index (κ2) is 6.43. The number of ether oxygens (including phenoxy) is 1. The van der Waals surface area contributed by atoms with Crippen LogP contribution in [-0.2, 0) is 11.2 Å². The van der Waals surface area contributed by atoms with E-state index in [9.17, 15) is 4.79 Å². The average molecular weight is 224 g/mol. The summed E-state index contributed by atoms with van der Waals surface area (Å²) in [7, 11) is 0. The zero-order valence-corrected chi connectivity index (χ0v) is 10.2. The first-order valence-electron chi connectivity index (χ1n) is 5.92. The monoisotopic (exact) mass is 224 g/mol. The maximum absolute atomic E-state index is 11.5. The molecule has 0 aliphatic carbocycles. The molecule has 4 heteroatoms. The lowest BCUT2D eigenvalue weighted by Crippen LogP contribution is -2.17. The van der Waals surface area contributed by atoms with Crippen LogP contribution in [0.1, 0.15) is 51.2 Å². The smallest absolute Gasteiger partial charge is 0.251 e. The van der Waals surface area contributed by atoms with Crippen LogP contribution in [0.4, 0.5) is 0 Å². The lowest BCUT2D eigenvalue weighted by atomic mass is 10.2. The summed E-state index contributed by atoms with van der Waals surface area (Å²) in [4.78, 5) is 18.6. The Hall–Kier alpha value is -1.16. The van der Waals surface area contributed by atoms with E-state index in [1.54, 1.807) is 6.07 Å². The van der Waals surface area contributed by atoms with Crippen molar-refractivity contribution in [3.05, 3.63) is 27.9 Å². The first kappa shape index (κ1) is 12.9. The number of H-pyrrole nitrogens is 1. The molecule has 0 aliphatic heterocycles. The summed E-state index contributed by atoms with van der Waals surface area (Å²) in [6.07, 6.45) is 2.53. The Labute approximate surface area is 96.1 Å². The topological polar surface area (TPSA) is 55.0 Å². The molecule has 0 saturated heterocycles. The fourth-order valence-electron chi connectivity index (χ4n) is 1.66. The lowest BCUT2D eigenvalue weighted by molar-refractivity contribution is 0.0531. The third-order valence-electron chi connectivity index (χ3n) is 2.36. The van der Waals surface area contributed by atoms with Crippen LogP contribution in [0.15, 0.2) is 10.9 Å². The van der Waals surface area contributed by atoms with E-state index in [-0.39, 0.29) is 11.7 Å². The van der Waals surface area contributed by atoms with Gasteiger partial charge in [-0.25, -0.2) is 4.98 Å². The second-order valence-electron chi connectivity index (χ2n) is 3.72. The summed E-state index contributed by atoms with van der Waals surface area (Å²) in [6.45, 7) is 6.66. The molecule has 0 aliphatic rings. The van der Waals surface area contributed by atoms with Crippen molar-refractivity contribution >= 4 is 0 Å². The van der Waals surface area contributed by atoms with Crippen LogP contribution < -0.4 is 5.56 Å². The molecule has 1 aromatic heterocycles. The van der Waals surface area contributed by atoms with Crippen LogP contribution >= 0.6 is 0 Å². The summed E-state index contributed by atoms with van der Waals surface area (Å²) in [6, 6.07) is 1.56. The van der Waals surface area contributed by atoms with Gasteiger partial charge in [0.2, 0.25) is 0 Å². The molecule has 1 aromatic rings. The summed E-state index contributed by atoms with van der Waals surface area (Å²) in [5.74, 6) is 0.653. The molecule has 0 aromatic carbocycles. The first-order chi connectivity index (χ1) is 7.71. The summed E-state index contributed by atoms with van der Waals surface area (Å²) in [5, 5.41) is 0. The highest BCUT2D eigenvalue weighted by atomic mass is 16.5. The quantitative estimate of drug-likeness (QED) is 0.806. The molecule has 0 bridgehead atoms. The van der Waals surface area contributed by atoms with Crippen LogP contribution in [0.25, 0.3) is 0 Å². The van der Waals surface area contributed by atoms with Crippen molar-refractivity contribution in [2.75, 3.05) is 6.61 Å². The highest BCUT2D eigenvalue weighted by Crippen LogP contribution is 2.16. The molecule has 1 atom stereocenters. The van der Waals surface area contributed by atoms with E-state index in [0.29, 0.717) is 12.4 Å². The number of hydrogen-bond donors (Lipinski definition) is 1. The number of nitrogens with zero attached hydrogens (tertiary/aromatic N) is 1. The largest absolute Gasteiger partial charge is 0.371 e. The number of aryl methyl sites for hydroxylation is 1. The minimum absolute atomic E-state index is 0.0911. The van der Waals surface area contributed by atoms with Crippen LogP contribution in [0.3, 0.4) is 0 Å². The van der Waals surface area contributed by atoms with E-state index in [4.69, 9.17) is 4.74 Å². The van der Waals surface area contributed by atoms with Crippen LogP contribution in [0.2, 0.25) is 0 Å². The van der Waals surface area contributed by atoms with Gasteiger partial charge in [0.25, 0.3) is 5.56 Å². The Balaban J connectivity index is 2.97. The first-order valence-corrected chi connectivity index (χ1v) is 5.92. The van der Waals surface area contributed by atoms with Crippen molar-refractivity contribution in [1.82, 2.24) is 9.97 Å². The molecular formula is C12H20N2O2. The maximum atomic E-state index is 11.5. The Kier molecular flexibility index (Phi) is 5.19. The number of hydrogen-bond acceptors (Lipinski definition) is 3. The van der Waals surface area contributed by atoms with Crippen molar-refractivity contribution < 1.29 is 4.74 Å². The number of nitrogens with one attached hydrogen (secondary N) is 1. The zero-order chi connectivity index (χ0) is 12.0. The summed E-state index contributed by atoms with van der Waals surface area (Å²) in [5.41, 5.74) is 0.756. The normalized spacial score (nSPS) is 12.7. The standard InChI is InChI=1S/C12H20N2O2/c1-4-7-9-8-11(15)14-12(13-9)10(5-2)16-6-3/h8,10H,4-7H2,1-3H3,(H,13,14,15). The van der Waals surface area contributed by atoms with Gasteiger partial charge in [0, 0.05) is 18.4 Å². The Bertz CT molecular complexity index is 374.